The Labute approximate surface area is 568 Å². The summed E-state index contributed by atoms with van der Waals surface area (Å²) in [6.45, 7) is 4.04. The summed E-state index contributed by atoms with van der Waals surface area (Å²) in [5.74, 6) is -0.827. The second-order valence-electron chi connectivity index (χ2n) is 26.6. The predicted molar refractivity (Wildman–Crippen MR) is 397 cm³/mol. The van der Waals surface area contributed by atoms with Crippen molar-refractivity contribution >= 4 is 19.8 Å². The maximum atomic E-state index is 12.9. The minimum Gasteiger partial charge on any atom is -0.756 e. The number of quaternary nitrogens is 1. The van der Waals surface area contributed by atoms with Crippen molar-refractivity contribution in [3.05, 3.63) is 122 Å². The lowest BCUT2D eigenvalue weighted by Crippen LogP contribution is -2.37. The molecule has 0 amide bonds. The fourth-order valence-corrected chi connectivity index (χ4v) is 11.4. The van der Waals surface area contributed by atoms with E-state index in [0.29, 0.717) is 17.4 Å². The van der Waals surface area contributed by atoms with Gasteiger partial charge in [0.1, 0.15) is 19.8 Å². The number of nitrogens with zero attached hydrogens (tertiary/aromatic N) is 1. The van der Waals surface area contributed by atoms with E-state index in [4.69, 9.17) is 18.5 Å². The van der Waals surface area contributed by atoms with E-state index in [9.17, 15) is 19.0 Å². The van der Waals surface area contributed by atoms with Crippen LogP contribution in [0.3, 0.4) is 0 Å². The smallest absolute Gasteiger partial charge is 0.306 e. The molecule has 0 aromatic rings. The first-order valence-corrected chi connectivity index (χ1v) is 39.7. The van der Waals surface area contributed by atoms with Crippen LogP contribution in [0.5, 0.6) is 0 Å². The van der Waals surface area contributed by atoms with Crippen molar-refractivity contribution in [2.45, 2.75) is 341 Å². The molecule has 0 aromatic carbocycles. The molecule has 530 valence electrons. The number of hydrogen-bond acceptors (Lipinski definition) is 8. The van der Waals surface area contributed by atoms with Crippen LogP contribution in [-0.4, -0.2) is 70.0 Å². The first-order chi connectivity index (χ1) is 45.0. The Balaban J connectivity index is 3.95. The zero-order valence-electron chi connectivity index (χ0n) is 60.5. The zero-order chi connectivity index (χ0) is 66.9. The third kappa shape index (κ3) is 75.4. The lowest BCUT2D eigenvalue weighted by Gasteiger charge is -2.28. The Kier molecular flexibility index (Phi) is 68.9. The number of esters is 2. The van der Waals surface area contributed by atoms with E-state index in [1.54, 1.807) is 0 Å². The summed E-state index contributed by atoms with van der Waals surface area (Å²) in [6.07, 6.45) is 103. The Morgan fingerprint density at radius 3 is 0.870 bits per heavy atom. The average molecular weight is 1300 g/mol. The van der Waals surface area contributed by atoms with Gasteiger partial charge in [-0.05, 0) is 103 Å². The van der Waals surface area contributed by atoms with Gasteiger partial charge in [-0.3, -0.25) is 14.2 Å². The van der Waals surface area contributed by atoms with E-state index in [0.717, 1.165) is 109 Å². The van der Waals surface area contributed by atoms with Gasteiger partial charge in [0.2, 0.25) is 0 Å². The first kappa shape index (κ1) is 88.4. The van der Waals surface area contributed by atoms with Crippen molar-refractivity contribution in [2.24, 2.45) is 0 Å². The zero-order valence-corrected chi connectivity index (χ0v) is 61.4. The van der Waals surface area contributed by atoms with Gasteiger partial charge in [-0.15, -0.1) is 0 Å². The molecule has 0 rings (SSSR count). The van der Waals surface area contributed by atoms with Gasteiger partial charge in [0, 0.05) is 12.8 Å². The van der Waals surface area contributed by atoms with Crippen molar-refractivity contribution in [1.29, 1.82) is 0 Å². The molecule has 0 aromatic heterocycles. The number of allylic oxidation sites excluding steroid dienone is 20. The summed E-state index contributed by atoms with van der Waals surface area (Å²) in [6, 6.07) is 0. The van der Waals surface area contributed by atoms with Crippen LogP contribution in [0.1, 0.15) is 335 Å². The highest BCUT2D eigenvalue weighted by Gasteiger charge is 2.22. The van der Waals surface area contributed by atoms with Crippen molar-refractivity contribution in [3.63, 3.8) is 0 Å². The summed E-state index contributed by atoms with van der Waals surface area (Å²) >= 11 is 0. The maximum Gasteiger partial charge on any atom is 0.306 e. The maximum absolute atomic E-state index is 12.9. The highest BCUT2D eigenvalue weighted by molar-refractivity contribution is 7.45. The van der Waals surface area contributed by atoms with Crippen molar-refractivity contribution in [3.8, 4) is 0 Å². The van der Waals surface area contributed by atoms with Gasteiger partial charge >= 0.3 is 11.9 Å². The molecule has 0 heterocycles. The van der Waals surface area contributed by atoms with E-state index < -0.39 is 26.5 Å². The molecular weight excluding hydrogens is 1160 g/mol. The van der Waals surface area contributed by atoms with Crippen LogP contribution >= 0.6 is 7.82 Å². The molecule has 92 heavy (non-hydrogen) atoms. The average Bonchev–Trinajstić information content (AvgIpc) is 2.23. The highest BCUT2D eigenvalue weighted by atomic mass is 31.2. The number of ether oxygens (including phenoxy) is 2. The normalized spacial score (nSPS) is 13.8. The molecule has 0 fully saturated rings. The Morgan fingerprint density at radius 1 is 0.337 bits per heavy atom. The van der Waals surface area contributed by atoms with Crippen LogP contribution in [0.25, 0.3) is 0 Å². The summed E-state index contributed by atoms with van der Waals surface area (Å²) in [5.41, 5.74) is 0. The van der Waals surface area contributed by atoms with Gasteiger partial charge in [0.15, 0.2) is 6.10 Å². The van der Waals surface area contributed by atoms with E-state index >= 15 is 0 Å². The predicted octanol–water partition coefficient (Wildman–Crippen LogP) is 24.8. The lowest BCUT2D eigenvalue weighted by atomic mass is 10.0. The first-order valence-electron chi connectivity index (χ1n) is 38.2. The second kappa shape index (κ2) is 71.7. The molecule has 0 radical (unpaired) electrons. The summed E-state index contributed by atoms with van der Waals surface area (Å²) in [7, 11) is 1.17. The monoisotopic (exact) mass is 1300 g/mol. The molecule has 0 N–H and O–H groups in total. The fourth-order valence-electron chi connectivity index (χ4n) is 10.7. The van der Waals surface area contributed by atoms with Gasteiger partial charge in [-0.2, -0.15) is 0 Å². The third-order valence-electron chi connectivity index (χ3n) is 16.5. The van der Waals surface area contributed by atoms with E-state index in [1.165, 1.54) is 193 Å². The standard InChI is InChI=1S/C82H144NO8P/c1-6-8-10-12-14-16-18-20-22-24-26-28-30-32-34-35-36-37-38-39-40-41-42-43-44-45-46-47-49-51-53-55-57-59-61-63-65-67-69-71-73-75-82(85)91-80(79-90-92(86,87)89-77-76-83(3,4)5)78-88-81(84)74-72-70-68-66-64-62-60-58-56-54-52-50-48-33-31-29-27-25-23-21-19-17-15-13-11-9-7-2/h8-11,14-17,20-23,26-29,32-34,48,80H,6-7,12-13,18-19,24-25,30-31,35-47,49-79H2,1-5H3/b10-8-,11-9-,16-14-,17-15-,22-20-,23-21-,28-26-,29-27-,34-32-,48-33-. The topological polar surface area (TPSA) is 111 Å². The minimum atomic E-state index is -4.65. The van der Waals surface area contributed by atoms with E-state index in [-0.39, 0.29) is 32.0 Å². The SMILES string of the molecule is CC/C=C\C/C=C\C/C=C\C/C=C\C/C=C\CCCCCCCCCCCCCCCCCCCCCCCCCCCC(=O)OC(COC(=O)CCCCCCCCCCCCC/C=C\C/C=C\C/C=C\C/C=C\C/C=C\CC)COP(=O)([O-])OCC[N+](C)(C)C. The Bertz CT molecular complexity index is 1970. The second-order valence-corrected chi connectivity index (χ2v) is 28.0. The fraction of sp³-hybridized carbons (Fsp3) is 0.732. The van der Waals surface area contributed by atoms with Crippen molar-refractivity contribution in [1.82, 2.24) is 0 Å². The number of rotatable bonds is 70. The molecular formula is C82H144NO8P. The van der Waals surface area contributed by atoms with E-state index in [1.807, 2.05) is 21.1 Å². The van der Waals surface area contributed by atoms with Crippen molar-refractivity contribution in [2.75, 3.05) is 47.5 Å². The number of phosphoric acid groups is 1. The minimum absolute atomic E-state index is 0.0336. The van der Waals surface area contributed by atoms with Crippen LogP contribution in [0, 0.1) is 0 Å². The lowest BCUT2D eigenvalue weighted by molar-refractivity contribution is -0.870. The van der Waals surface area contributed by atoms with Crippen LogP contribution in [-0.2, 0) is 32.7 Å². The number of carbonyl (C=O) groups excluding carboxylic acids is 2. The van der Waals surface area contributed by atoms with Gasteiger partial charge in [-0.1, -0.05) is 341 Å². The van der Waals surface area contributed by atoms with Crippen molar-refractivity contribution < 1.29 is 42.1 Å². The molecule has 0 saturated heterocycles. The largest absolute Gasteiger partial charge is 0.756 e. The summed E-state index contributed by atoms with van der Waals surface area (Å²) in [4.78, 5) is 38.1. The number of carbonyl (C=O) groups is 2. The number of likely N-dealkylation sites (N-methyl/N-ethyl adjacent to an activating group) is 1. The summed E-state index contributed by atoms with van der Waals surface area (Å²) < 4.78 is 34.4. The molecule has 10 heteroatoms. The number of unbranched alkanes of at least 4 members (excludes halogenated alkanes) is 36. The molecule has 0 saturated carbocycles. The molecule has 0 aliphatic rings. The molecule has 9 nitrogen and oxygen atoms in total. The highest BCUT2D eigenvalue weighted by Crippen LogP contribution is 2.38. The Morgan fingerprint density at radius 2 is 0.587 bits per heavy atom. The van der Waals surface area contributed by atoms with Crippen LogP contribution in [0.2, 0.25) is 0 Å². The van der Waals surface area contributed by atoms with Gasteiger partial charge < -0.3 is 27.9 Å². The molecule has 2 atom stereocenters. The van der Waals surface area contributed by atoms with Crippen LogP contribution < -0.4 is 4.89 Å². The number of phosphoric ester groups is 1. The van der Waals surface area contributed by atoms with Crippen LogP contribution in [0.4, 0.5) is 0 Å². The van der Waals surface area contributed by atoms with Gasteiger partial charge in [-0.25, -0.2) is 0 Å². The molecule has 0 aliphatic carbocycles. The summed E-state index contributed by atoms with van der Waals surface area (Å²) in [5, 5.41) is 0. The quantitative estimate of drug-likeness (QED) is 0.0195. The molecule has 2 unspecified atom stereocenters. The van der Waals surface area contributed by atoms with Crippen LogP contribution in [0.15, 0.2) is 122 Å². The molecule has 0 bridgehead atoms. The third-order valence-corrected chi connectivity index (χ3v) is 17.4. The van der Waals surface area contributed by atoms with E-state index in [2.05, 4.69) is 135 Å². The molecule has 0 spiro atoms. The molecule has 0 aliphatic heterocycles. The Hall–Kier alpha value is -3.59. The van der Waals surface area contributed by atoms with Gasteiger partial charge in [0.05, 0.1) is 27.7 Å². The van der Waals surface area contributed by atoms with Gasteiger partial charge in [0.25, 0.3) is 7.82 Å². The number of hydrogen-bond donors (Lipinski definition) is 0.